The maximum Gasteiger partial charge on any atom is 0.326 e. The molecule has 0 aliphatic carbocycles. The summed E-state index contributed by atoms with van der Waals surface area (Å²) in [4.78, 5) is 14.4. The van der Waals surface area contributed by atoms with Crippen LogP contribution in [0, 0.1) is 12.7 Å². The fourth-order valence-electron chi connectivity index (χ4n) is 1.80. The molecule has 4 nitrogen and oxygen atoms in total. The van der Waals surface area contributed by atoms with Crippen molar-refractivity contribution in [2.75, 3.05) is 6.54 Å². The zero-order chi connectivity index (χ0) is 11.9. The van der Waals surface area contributed by atoms with Crippen LogP contribution in [0.15, 0.2) is 16.9 Å². The Kier molecular flexibility index (Phi) is 2.55. The lowest BCUT2D eigenvalue weighted by Crippen LogP contribution is -2.25. The van der Waals surface area contributed by atoms with E-state index in [0.29, 0.717) is 23.1 Å². The maximum atomic E-state index is 13.4. The molecular formula is C11H14FN3O. The summed E-state index contributed by atoms with van der Waals surface area (Å²) < 4.78 is 14.9. The molecule has 16 heavy (non-hydrogen) atoms. The maximum absolute atomic E-state index is 13.4. The number of hydrogen-bond donors (Lipinski definition) is 2. The van der Waals surface area contributed by atoms with E-state index in [0.717, 1.165) is 0 Å². The first-order valence-electron chi connectivity index (χ1n) is 5.15. The summed E-state index contributed by atoms with van der Waals surface area (Å²) in [5.41, 5.74) is 6.99. The van der Waals surface area contributed by atoms with Crippen molar-refractivity contribution in [2.45, 2.75) is 19.9 Å². The number of aromatic amines is 1. The van der Waals surface area contributed by atoms with Crippen molar-refractivity contribution in [3.8, 4) is 0 Å². The molecule has 0 saturated carbocycles. The summed E-state index contributed by atoms with van der Waals surface area (Å²) in [6, 6.07) is 2.85. The molecule has 0 bridgehead atoms. The number of nitrogens with two attached hydrogens (primary N) is 1. The summed E-state index contributed by atoms with van der Waals surface area (Å²) in [5.74, 6) is -0.315. The minimum absolute atomic E-state index is 0.150. The number of hydrogen-bond acceptors (Lipinski definition) is 2. The fraction of sp³-hybridized carbons (Fsp3) is 0.364. The number of benzene rings is 1. The highest BCUT2D eigenvalue weighted by molar-refractivity contribution is 5.76. The molecule has 1 atom stereocenters. The largest absolute Gasteiger partial charge is 0.328 e. The van der Waals surface area contributed by atoms with Crippen LogP contribution >= 0.6 is 0 Å². The van der Waals surface area contributed by atoms with Gasteiger partial charge in [0.25, 0.3) is 0 Å². The van der Waals surface area contributed by atoms with E-state index < -0.39 is 0 Å². The molecule has 86 valence electrons. The van der Waals surface area contributed by atoms with Crippen LogP contribution in [-0.4, -0.2) is 16.1 Å². The standard InChI is InChI=1S/C11H14FN3O/c1-6-3-9-10(4-8(6)12)15(7(2)5-13)11(16)14-9/h3-4,7H,5,13H2,1-2H3,(H,14,16). The van der Waals surface area contributed by atoms with Crippen LogP contribution in [0.4, 0.5) is 4.39 Å². The van der Waals surface area contributed by atoms with Crippen LogP contribution in [0.5, 0.6) is 0 Å². The molecule has 3 N–H and O–H groups in total. The SMILES string of the molecule is Cc1cc2[nH]c(=O)n(C(C)CN)c2cc1F. The Morgan fingerprint density at radius 3 is 2.88 bits per heavy atom. The number of rotatable bonds is 2. The normalized spacial score (nSPS) is 13.2. The molecule has 1 aromatic heterocycles. The number of H-pyrrole nitrogens is 1. The molecular weight excluding hydrogens is 209 g/mol. The molecule has 0 fully saturated rings. The van der Waals surface area contributed by atoms with E-state index in [9.17, 15) is 9.18 Å². The molecule has 0 saturated heterocycles. The Balaban J connectivity index is 2.79. The third-order valence-corrected chi connectivity index (χ3v) is 2.78. The molecule has 0 aliphatic heterocycles. The van der Waals surface area contributed by atoms with Gasteiger partial charge in [-0.15, -0.1) is 0 Å². The average Bonchev–Trinajstić information content (AvgIpc) is 2.54. The van der Waals surface area contributed by atoms with E-state index in [1.165, 1.54) is 10.6 Å². The summed E-state index contributed by atoms with van der Waals surface area (Å²) in [6.45, 7) is 3.82. The smallest absolute Gasteiger partial charge is 0.326 e. The van der Waals surface area contributed by atoms with Crippen molar-refractivity contribution >= 4 is 11.0 Å². The molecule has 1 heterocycles. The lowest BCUT2D eigenvalue weighted by molar-refractivity contribution is 0.554. The van der Waals surface area contributed by atoms with E-state index >= 15 is 0 Å². The summed E-state index contributed by atoms with van der Waals surface area (Å²) in [7, 11) is 0. The number of aryl methyl sites for hydroxylation is 1. The van der Waals surface area contributed by atoms with Crippen LogP contribution < -0.4 is 11.4 Å². The molecule has 0 aliphatic rings. The second kappa shape index (κ2) is 3.75. The average molecular weight is 223 g/mol. The third-order valence-electron chi connectivity index (χ3n) is 2.78. The molecule has 0 amide bonds. The lowest BCUT2D eigenvalue weighted by Gasteiger charge is -2.10. The topological polar surface area (TPSA) is 63.8 Å². The van der Waals surface area contributed by atoms with Gasteiger partial charge in [0.15, 0.2) is 0 Å². The molecule has 0 radical (unpaired) electrons. The van der Waals surface area contributed by atoms with E-state index in [-0.39, 0.29) is 17.5 Å². The second-order valence-corrected chi connectivity index (χ2v) is 4.00. The number of nitrogens with zero attached hydrogens (tertiary/aromatic N) is 1. The summed E-state index contributed by atoms with van der Waals surface area (Å²) in [6.07, 6.45) is 0. The van der Waals surface area contributed by atoms with Gasteiger partial charge in [0.05, 0.1) is 11.0 Å². The Bertz CT molecular complexity index is 585. The van der Waals surface area contributed by atoms with Crippen molar-refractivity contribution < 1.29 is 4.39 Å². The van der Waals surface area contributed by atoms with Crippen molar-refractivity contribution in [1.29, 1.82) is 0 Å². The van der Waals surface area contributed by atoms with Crippen molar-refractivity contribution in [3.05, 3.63) is 34.0 Å². The van der Waals surface area contributed by atoms with Gasteiger partial charge in [0, 0.05) is 18.7 Å². The van der Waals surface area contributed by atoms with Gasteiger partial charge in [-0.2, -0.15) is 0 Å². The Morgan fingerprint density at radius 2 is 2.25 bits per heavy atom. The van der Waals surface area contributed by atoms with Gasteiger partial charge >= 0.3 is 5.69 Å². The van der Waals surface area contributed by atoms with Crippen molar-refractivity contribution in [1.82, 2.24) is 9.55 Å². The third kappa shape index (κ3) is 1.53. The van der Waals surface area contributed by atoms with Crippen LogP contribution in [-0.2, 0) is 0 Å². The minimum atomic E-state index is -0.315. The first-order chi connectivity index (χ1) is 7.54. The van der Waals surface area contributed by atoms with Crippen LogP contribution in [0.3, 0.4) is 0 Å². The fourth-order valence-corrected chi connectivity index (χ4v) is 1.80. The molecule has 2 aromatic rings. The quantitative estimate of drug-likeness (QED) is 0.806. The number of fused-ring (bicyclic) bond motifs is 1. The van der Waals surface area contributed by atoms with Gasteiger partial charge < -0.3 is 10.7 Å². The summed E-state index contributed by atoms with van der Waals surface area (Å²) >= 11 is 0. The zero-order valence-corrected chi connectivity index (χ0v) is 9.25. The minimum Gasteiger partial charge on any atom is -0.328 e. The Labute approximate surface area is 91.9 Å². The zero-order valence-electron chi connectivity index (χ0n) is 9.25. The van der Waals surface area contributed by atoms with Gasteiger partial charge in [-0.25, -0.2) is 9.18 Å². The predicted octanol–water partition coefficient (Wildman–Crippen LogP) is 1.30. The number of imidazole rings is 1. The molecule has 2 rings (SSSR count). The molecule has 0 spiro atoms. The highest BCUT2D eigenvalue weighted by atomic mass is 19.1. The van der Waals surface area contributed by atoms with Gasteiger partial charge in [-0.1, -0.05) is 0 Å². The van der Waals surface area contributed by atoms with Gasteiger partial charge in [0.1, 0.15) is 5.82 Å². The van der Waals surface area contributed by atoms with E-state index in [1.807, 2.05) is 6.92 Å². The number of nitrogens with one attached hydrogen (secondary N) is 1. The molecule has 5 heteroatoms. The van der Waals surface area contributed by atoms with Gasteiger partial charge in [0.2, 0.25) is 0 Å². The van der Waals surface area contributed by atoms with Gasteiger partial charge in [-0.3, -0.25) is 4.57 Å². The van der Waals surface area contributed by atoms with Gasteiger partial charge in [-0.05, 0) is 25.5 Å². The number of halogens is 1. The van der Waals surface area contributed by atoms with E-state index in [1.54, 1.807) is 13.0 Å². The number of aromatic nitrogens is 2. The van der Waals surface area contributed by atoms with E-state index in [2.05, 4.69) is 4.98 Å². The first kappa shape index (κ1) is 10.9. The van der Waals surface area contributed by atoms with Crippen LogP contribution in [0.25, 0.3) is 11.0 Å². The highest BCUT2D eigenvalue weighted by Gasteiger charge is 2.13. The molecule has 1 unspecified atom stereocenters. The van der Waals surface area contributed by atoms with Crippen LogP contribution in [0.2, 0.25) is 0 Å². The van der Waals surface area contributed by atoms with Crippen LogP contribution in [0.1, 0.15) is 18.5 Å². The second-order valence-electron chi connectivity index (χ2n) is 4.00. The Hall–Kier alpha value is -1.62. The predicted molar refractivity (Wildman–Crippen MR) is 61.0 cm³/mol. The van der Waals surface area contributed by atoms with E-state index in [4.69, 9.17) is 5.73 Å². The van der Waals surface area contributed by atoms with Crippen molar-refractivity contribution in [3.63, 3.8) is 0 Å². The molecule has 1 aromatic carbocycles. The van der Waals surface area contributed by atoms with Crippen molar-refractivity contribution in [2.24, 2.45) is 5.73 Å². The first-order valence-corrected chi connectivity index (χ1v) is 5.15. The lowest BCUT2D eigenvalue weighted by atomic mass is 10.2. The Morgan fingerprint density at radius 1 is 1.56 bits per heavy atom. The monoisotopic (exact) mass is 223 g/mol. The summed E-state index contributed by atoms with van der Waals surface area (Å²) in [5, 5.41) is 0. The highest BCUT2D eigenvalue weighted by Crippen LogP contribution is 2.18.